The van der Waals surface area contributed by atoms with Gasteiger partial charge >= 0.3 is 0 Å². The molecule has 1 fully saturated rings. The van der Waals surface area contributed by atoms with E-state index in [2.05, 4.69) is 32.7 Å². The Morgan fingerprint density at radius 3 is 2.80 bits per heavy atom. The third kappa shape index (κ3) is 6.86. The summed E-state index contributed by atoms with van der Waals surface area (Å²) in [6.07, 6.45) is 3.71. The summed E-state index contributed by atoms with van der Waals surface area (Å²) in [5, 5.41) is 14.7. The highest BCUT2D eigenvalue weighted by Gasteiger charge is 2.18. The number of benzene rings is 2. The average Bonchev–Trinajstić information content (AvgIpc) is 3.34. The Balaban J connectivity index is 1.28. The van der Waals surface area contributed by atoms with Crippen molar-refractivity contribution in [3.05, 3.63) is 69.7 Å². The van der Waals surface area contributed by atoms with Gasteiger partial charge < -0.3 is 15.4 Å². The topological polar surface area (TPSA) is 96.5 Å². The molecule has 0 unspecified atom stereocenters. The number of aryl methyl sites for hydroxylation is 1. The van der Waals surface area contributed by atoms with Gasteiger partial charge in [-0.25, -0.2) is 0 Å². The third-order valence-electron chi connectivity index (χ3n) is 6.11. The number of likely N-dealkylation sites (tertiary alicyclic amines) is 1. The van der Waals surface area contributed by atoms with Crippen LogP contribution in [0.25, 0.3) is 0 Å². The minimum atomic E-state index is -0.374. The number of amides is 2. The lowest BCUT2D eigenvalue weighted by Gasteiger charge is -2.33. The minimum Gasteiger partial charge on any atom is -0.486 e. The van der Waals surface area contributed by atoms with Crippen molar-refractivity contribution in [2.24, 2.45) is 0 Å². The Bertz CT molecular complexity index is 1170. The number of nitrogens with zero attached hydrogens (tertiary/aromatic N) is 3. The molecule has 4 rings (SSSR count). The molecule has 1 aliphatic rings. The Labute approximate surface area is 209 Å². The van der Waals surface area contributed by atoms with Gasteiger partial charge in [0, 0.05) is 30.4 Å². The predicted octanol–water partition coefficient (Wildman–Crippen LogP) is 4.28. The van der Waals surface area contributed by atoms with Crippen molar-refractivity contribution < 1.29 is 14.3 Å². The first-order valence-corrected chi connectivity index (χ1v) is 12.8. The van der Waals surface area contributed by atoms with Crippen LogP contribution in [0.1, 0.15) is 56.9 Å². The molecule has 0 bridgehead atoms. The molecule has 0 radical (unpaired) electrons. The summed E-state index contributed by atoms with van der Waals surface area (Å²) < 4.78 is 5.78. The van der Waals surface area contributed by atoms with E-state index in [1.165, 1.54) is 30.6 Å². The molecule has 0 spiro atoms. The number of nitrogens with one attached hydrogen (secondary N) is 2. The Morgan fingerprint density at radius 1 is 1.11 bits per heavy atom. The number of aromatic nitrogens is 2. The van der Waals surface area contributed by atoms with Gasteiger partial charge in [-0.15, -0.1) is 10.2 Å². The number of carbonyl (C=O) groups is 2. The Kier molecular flexibility index (Phi) is 8.44. The molecule has 184 valence electrons. The van der Waals surface area contributed by atoms with Crippen molar-refractivity contribution in [1.82, 2.24) is 20.4 Å². The van der Waals surface area contributed by atoms with Gasteiger partial charge in [0.2, 0.25) is 5.01 Å². The lowest BCUT2D eigenvalue weighted by Crippen LogP contribution is -2.42. The molecule has 1 saturated heterocycles. The summed E-state index contributed by atoms with van der Waals surface area (Å²) in [5.41, 5.74) is 2.05. The van der Waals surface area contributed by atoms with Gasteiger partial charge in [-0.3, -0.25) is 14.5 Å². The van der Waals surface area contributed by atoms with Crippen LogP contribution in [0.4, 0.5) is 5.69 Å². The van der Waals surface area contributed by atoms with E-state index in [4.69, 9.17) is 4.74 Å². The van der Waals surface area contributed by atoms with E-state index in [1.807, 2.05) is 31.2 Å². The molecule has 8 nitrogen and oxygen atoms in total. The molecule has 0 aliphatic carbocycles. The number of ether oxygens (including phenoxy) is 1. The number of piperidine rings is 1. The van der Waals surface area contributed by atoms with E-state index >= 15 is 0 Å². The zero-order valence-electron chi connectivity index (χ0n) is 20.1. The molecule has 1 atom stereocenters. The number of hydrogen-bond acceptors (Lipinski definition) is 7. The molecule has 2 N–H and O–H groups in total. The largest absolute Gasteiger partial charge is 0.486 e. The second kappa shape index (κ2) is 11.9. The fraction of sp³-hybridized carbons (Fsp3) is 0.385. The molecular weight excluding hydrogens is 462 g/mol. The molecule has 2 aromatic carbocycles. The van der Waals surface area contributed by atoms with Crippen LogP contribution in [0, 0.1) is 6.92 Å². The highest BCUT2D eigenvalue weighted by molar-refractivity contribution is 7.13. The average molecular weight is 494 g/mol. The van der Waals surface area contributed by atoms with E-state index in [0.29, 0.717) is 28.8 Å². The monoisotopic (exact) mass is 493 g/mol. The summed E-state index contributed by atoms with van der Waals surface area (Å²) in [5.74, 6) is 0.243. The van der Waals surface area contributed by atoms with Gasteiger partial charge in [0.1, 0.15) is 12.4 Å². The quantitative estimate of drug-likeness (QED) is 0.462. The van der Waals surface area contributed by atoms with E-state index in [0.717, 1.165) is 24.4 Å². The predicted molar refractivity (Wildman–Crippen MR) is 137 cm³/mol. The zero-order chi connectivity index (χ0) is 24.6. The summed E-state index contributed by atoms with van der Waals surface area (Å²) in [7, 11) is 0. The molecule has 2 amide bonds. The van der Waals surface area contributed by atoms with Crippen molar-refractivity contribution in [2.75, 3.05) is 25.0 Å². The van der Waals surface area contributed by atoms with Crippen LogP contribution in [0.15, 0.2) is 48.5 Å². The normalized spacial score (nSPS) is 16.0. The van der Waals surface area contributed by atoms with Gasteiger partial charge in [0.05, 0.1) is 0 Å². The van der Waals surface area contributed by atoms with Crippen LogP contribution in [-0.4, -0.2) is 52.6 Å². The molecule has 1 aromatic heterocycles. The molecule has 3 aromatic rings. The summed E-state index contributed by atoms with van der Waals surface area (Å²) >= 11 is 1.18. The highest BCUT2D eigenvalue weighted by Crippen LogP contribution is 2.20. The van der Waals surface area contributed by atoms with Crippen molar-refractivity contribution in [3.8, 4) is 5.75 Å². The number of anilines is 1. The number of rotatable bonds is 9. The molecule has 35 heavy (non-hydrogen) atoms. The first-order chi connectivity index (χ1) is 17.0. The first-order valence-electron chi connectivity index (χ1n) is 11.9. The zero-order valence-corrected chi connectivity index (χ0v) is 20.9. The number of hydrogen-bond donors (Lipinski definition) is 2. The maximum atomic E-state index is 12.7. The summed E-state index contributed by atoms with van der Waals surface area (Å²) in [6.45, 7) is 6.98. The number of carbonyl (C=O) groups excluding carboxylic acids is 2. The SMILES string of the molecule is Cc1ccccc1OCc1nnc(C(=O)Nc2cccc(C(=O)NCCN3CCCC[C@@H]3C)c2)s1. The molecule has 9 heteroatoms. The molecular formula is C26H31N5O3S. The Hall–Kier alpha value is -3.30. The van der Waals surface area contributed by atoms with Crippen LogP contribution in [0.3, 0.4) is 0 Å². The molecule has 0 saturated carbocycles. The van der Waals surface area contributed by atoms with E-state index in [-0.39, 0.29) is 23.4 Å². The van der Waals surface area contributed by atoms with E-state index < -0.39 is 0 Å². The second-order valence-electron chi connectivity index (χ2n) is 8.73. The molecule has 2 heterocycles. The maximum absolute atomic E-state index is 12.7. The summed E-state index contributed by atoms with van der Waals surface area (Å²) in [4.78, 5) is 27.7. The van der Waals surface area contributed by atoms with Gasteiger partial charge in [0.25, 0.3) is 11.8 Å². The fourth-order valence-electron chi connectivity index (χ4n) is 4.09. The smallest absolute Gasteiger partial charge is 0.286 e. The minimum absolute atomic E-state index is 0.155. The van der Waals surface area contributed by atoms with Crippen LogP contribution in [0.5, 0.6) is 5.75 Å². The molecule has 1 aliphatic heterocycles. The number of para-hydroxylation sites is 1. The first kappa shape index (κ1) is 24.8. The third-order valence-corrected chi connectivity index (χ3v) is 7.01. The van der Waals surface area contributed by atoms with Crippen LogP contribution in [-0.2, 0) is 6.61 Å². The van der Waals surface area contributed by atoms with Gasteiger partial charge in [-0.1, -0.05) is 42.0 Å². The fourth-order valence-corrected chi connectivity index (χ4v) is 4.74. The maximum Gasteiger partial charge on any atom is 0.286 e. The lowest BCUT2D eigenvalue weighted by atomic mass is 10.0. The van der Waals surface area contributed by atoms with Crippen molar-refractivity contribution in [3.63, 3.8) is 0 Å². The lowest BCUT2D eigenvalue weighted by molar-refractivity contribution is 0.0937. The van der Waals surface area contributed by atoms with E-state index in [9.17, 15) is 9.59 Å². The Morgan fingerprint density at radius 2 is 1.97 bits per heavy atom. The van der Waals surface area contributed by atoms with Gasteiger partial charge in [0.15, 0.2) is 5.01 Å². The highest BCUT2D eigenvalue weighted by atomic mass is 32.1. The van der Waals surface area contributed by atoms with Gasteiger partial charge in [-0.05, 0) is 63.1 Å². The van der Waals surface area contributed by atoms with Gasteiger partial charge in [-0.2, -0.15) is 0 Å². The van der Waals surface area contributed by atoms with E-state index in [1.54, 1.807) is 24.3 Å². The van der Waals surface area contributed by atoms with Crippen molar-refractivity contribution in [2.45, 2.75) is 45.8 Å². The van der Waals surface area contributed by atoms with Crippen LogP contribution < -0.4 is 15.4 Å². The van der Waals surface area contributed by atoms with Crippen molar-refractivity contribution in [1.29, 1.82) is 0 Å². The second-order valence-corrected chi connectivity index (χ2v) is 9.79. The van der Waals surface area contributed by atoms with Crippen LogP contribution in [0.2, 0.25) is 0 Å². The summed E-state index contributed by atoms with van der Waals surface area (Å²) in [6, 6.07) is 15.2. The van der Waals surface area contributed by atoms with Crippen molar-refractivity contribution >= 4 is 28.8 Å². The standard InChI is InChI=1S/C26H31N5O3S/c1-18-8-3-4-12-22(18)34-17-23-29-30-26(35-23)25(33)28-21-11-7-10-20(16-21)24(32)27-13-15-31-14-6-5-9-19(31)2/h3-4,7-8,10-12,16,19H,5-6,9,13-15,17H2,1-2H3,(H,27,32)(H,28,33)/t19-/m0/s1. The van der Waals surface area contributed by atoms with Crippen LogP contribution >= 0.6 is 11.3 Å².